The second kappa shape index (κ2) is 7.55. The fourth-order valence-corrected chi connectivity index (χ4v) is 2.07. The summed E-state index contributed by atoms with van der Waals surface area (Å²) in [6.45, 7) is 3.44. The van der Waals surface area contributed by atoms with Gasteiger partial charge in [0.25, 0.3) is 11.8 Å². The van der Waals surface area contributed by atoms with E-state index in [1.807, 2.05) is 19.9 Å². The Hall–Kier alpha value is -2.67. The summed E-state index contributed by atoms with van der Waals surface area (Å²) in [5.74, 6) is -0.574. The highest BCUT2D eigenvalue weighted by atomic mass is 35.5. The van der Waals surface area contributed by atoms with Crippen LogP contribution >= 0.6 is 11.6 Å². The zero-order valence-corrected chi connectivity index (χ0v) is 13.4. The van der Waals surface area contributed by atoms with Crippen molar-refractivity contribution >= 4 is 29.4 Å². The quantitative estimate of drug-likeness (QED) is 0.723. The maximum atomic E-state index is 11.9. The minimum atomic E-state index is -0.437. The van der Waals surface area contributed by atoms with E-state index in [1.54, 1.807) is 24.3 Å². The van der Waals surface area contributed by atoms with Crippen LogP contribution in [0.15, 0.2) is 30.3 Å². The summed E-state index contributed by atoms with van der Waals surface area (Å²) in [5, 5.41) is 2.81. The molecule has 0 saturated heterocycles. The van der Waals surface area contributed by atoms with Gasteiger partial charge in [0, 0.05) is 11.4 Å². The Labute approximate surface area is 138 Å². The maximum Gasteiger partial charge on any atom is 0.257 e. The molecule has 7 nitrogen and oxygen atoms in total. The first-order chi connectivity index (χ1) is 11.0. The normalized spacial score (nSPS) is 10.0. The lowest BCUT2D eigenvalue weighted by Crippen LogP contribution is -2.40. The number of aryl methyl sites for hydroxylation is 2. The van der Waals surface area contributed by atoms with Crippen LogP contribution in [0.4, 0.5) is 5.95 Å². The first-order valence-electron chi connectivity index (χ1n) is 6.85. The molecule has 0 atom stereocenters. The Balaban J connectivity index is 1.83. The first kappa shape index (κ1) is 16.7. The molecule has 0 aliphatic rings. The SMILES string of the molecule is Cc1cc(C)nc(NNC(=O)CNC(=O)c2ccccc2Cl)n1. The second-order valence-corrected chi connectivity index (χ2v) is 5.22. The van der Waals surface area contributed by atoms with Gasteiger partial charge in [0.05, 0.1) is 17.1 Å². The molecule has 0 aliphatic carbocycles. The molecule has 0 saturated carbocycles. The molecule has 120 valence electrons. The number of carbonyl (C=O) groups is 2. The fourth-order valence-electron chi connectivity index (χ4n) is 1.85. The van der Waals surface area contributed by atoms with Crippen molar-refractivity contribution in [3.8, 4) is 0 Å². The van der Waals surface area contributed by atoms with Gasteiger partial charge in [0.15, 0.2) is 0 Å². The van der Waals surface area contributed by atoms with Gasteiger partial charge in [-0.1, -0.05) is 23.7 Å². The number of nitrogens with one attached hydrogen (secondary N) is 3. The molecule has 1 heterocycles. The van der Waals surface area contributed by atoms with Gasteiger partial charge in [-0.25, -0.2) is 9.97 Å². The smallest absolute Gasteiger partial charge is 0.257 e. The van der Waals surface area contributed by atoms with Gasteiger partial charge in [-0.15, -0.1) is 0 Å². The minimum absolute atomic E-state index is 0.206. The average molecular weight is 334 g/mol. The van der Waals surface area contributed by atoms with Crippen molar-refractivity contribution in [3.05, 3.63) is 52.3 Å². The van der Waals surface area contributed by atoms with Crippen molar-refractivity contribution in [2.24, 2.45) is 0 Å². The van der Waals surface area contributed by atoms with E-state index >= 15 is 0 Å². The highest BCUT2D eigenvalue weighted by Crippen LogP contribution is 2.14. The number of halogens is 1. The van der Waals surface area contributed by atoms with Crippen molar-refractivity contribution in [2.75, 3.05) is 12.0 Å². The number of amides is 2. The molecule has 1 aromatic heterocycles. The average Bonchev–Trinajstić information content (AvgIpc) is 2.50. The van der Waals surface area contributed by atoms with E-state index in [0.717, 1.165) is 11.4 Å². The summed E-state index contributed by atoms with van der Waals surface area (Å²) in [6, 6.07) is 8.42. The minimum Gasteiger partial charge on any atom is -0.343 e. The molecule has 0 radical (unpaired) electrons. The number of nitrogens with zero attached hydrogens (tertiary/aromatic N) is 2. The Morgan fingerprint density at radius 2 is 1.78 bits per heavy atom. The summed E-state index contributed by atoms with van der Waals surface area (Å²) in [6.07, 6.45) is 0. The molecule has 8 heteroatoms. The summed E-state index contributed by atoms with van der Waals surface area (Å²) in [5.41, 5.74) is 6.89. The van der Waals surface area contributed by atoms with E-state index in [2.05, 4.69) is 26.1 Å². The zero-order chi connectivity index (χ0) is 16.8. The van der Waals surface area contributed by atoms with Gasteiger partial charge in [0.2, 0.25) is 5.95 Å². The summed E-state index contributed by atoms with van der Waals surface area (Å²) in [7, 11) is 0. The lowest BCUT2D eigenvalue weighted by atomic mass is 10.2. The third-order valence-electron chi connectivity index (χ3n) is 2.82. The van der Waals surface area contributed by atoms with Crippen molar-refractivity contribution in [2.45, 2.75) is 13.8 Å². The number of aromatic nitrogens is 2. The molecule has 0 unspecified atom stereocenters. The van der Waals surface area contributed by atoms with Gasteiger partial charge < -0.3 is 5.32 Å². The number of hydrogen-bond acceptors (Lipinski definition) is 5. The molecule has 2 amide bonds. The van der Waals surface area contributed by atoms with Crippen molar-refractivity contribution in [1.29, 1.82) is 0 Å². The predicted octanol–water partition coefficient (Wildman–Crippen LogP) is 1.62. The van der Waals surface area contributed by atoms with E-state index in [-0.39, 0.29) is 12.5 Å². The van der Waals surface area contributed by atoms with Crippen molar-refractivity contribution in [3.63, 3.8) is 0 Å². The van der Waals surface area contributed by atoms with Gasteiger partial charge in [0.1, 0.15) is 0 Å². The second-order valence-electron chi connectivity index (χ2n) is 4.81. The molecule has 0 aliphatic heterocycles. The van der Waals surface area contributed by atoms with Crippen LogP contribution in [0, 0.1) is 13.8 Å². The molecule has 2 aromatic rings. The van der Waals surface area contributed by atoms with Crippen LogP contribution < -0.4 is 16.2 Å². The Morgan fingerprint density at radius 3 is 2.43 bits per heavy atom. The Bertz CT molecular complexity index is 715. The van der Waals surface area contributed by atoms with E-state index in [1.165, 1.54) is 0 Å². The Kier molecular flexibility index (Phi) is 5.48. The van der Waals surface area contributed by atoms with Crippen molar-refractivity contribution in [1.82, 2.24) is 20.7 Å². The number of benzene rings is 1. The van der Waals surface area contributed by atoms with Crippen LogP contribution in [0.25, 0.3) is 0 Å². The van der Waals surface area contributed by atoms with Crippen molar-refractivity contribution < 1.29 is 9.59 Å². The summed E-state index contributed by atoms with van der Waals surface area (Å²) >= 11 is 5.91. The van der Waals surface area contributed by atoms with Gasteiger partial charge >= 0.3 is 0 Å². The van der Waals surface area contributed by atoms with E-state index in [0.29, 0.717) is 10.6 Å². The van der Waals surface area contributed by atoms with Crippen LogP contribution in [0.2, 0.25) is 5.02 Å². The lowest BCUT2D eigenvalue weighted by Gasteiger charge is -2.09. The van der Waals surface area contributed by atoms with Gasteiger partial charge in [-0.3, -0.25) is 20.4 Å². The van der Waals surface area contributed by atoms with E-state index in [9.17, 15) is 9.59 Å². The molecule has 0 spiro atoms. The van der Waals surface area contributed by atoms with Crippen LogP contribution in [-0.4, -0.2) is 28.3 Å². The topological polar surface area (TPSA) is 96.0 Å². The number of anilines is 1. The summed E-state index contributed by atoms with van der Waals surface area (Å²) in [4.78, 5) is 31.9. The van der Waals surface area contributed by atoms with Gasteiger partial charge in [-0.05, 0) is 32.0 Å². The predicted molar refractivity (Wildman–Crippen MR) is 87.1 cm³/mol. The third kappa shape index (κ3) is 4.93. The number of hydrazine groups is 1. The number of hydrogen-bond donors (Lipinski definition) is 3. The Morgan fingerprint density at radius 1 is 1.13 bits per heavy atom. The summed E-state index contributed by atoms with van der Waals surface area (Å²) < 4.78 is 0. The first-order valence-corrected chi connectivity index (χ1v) is 7.23. The highest BCUT2D eigenvalue weighted by molar-refractivity contribution is 6.33. The number of carbonyl (C=O) groups excluding carboxylic acids is 2. The zero-order valence-electron chi connectivity index (χ0n) is 12.7. The third-order valence-corrected chi connectivity index (χ3v) is 3.15. The molecule has 1 aromatic carbocycles. The maximum absolute atomic E-state index is 11.9. The van der Waals surface area contributed by atoms with Gasteiger partial charge in [-0.2, -0.15) is 0 Å². The molecular formula is C15H16ClN5O2. The monoisotopic (exact) mass is 333 g/mol. The van der Waals surface area contributed by atoms with E-state index in [4.69, 9.17) is 11.6 Å². The fraction of sp³-hybridized carbons (Fsp3) is 0.200. The molecule has 0 bridgehead atoms. The van der Waals surface area contributed by atoms with Crippen LogP contribution in [-0.2, 0) is 4.79 Å². The standard InChI is InChI=1S/C15H16ClN5O2/c1-9-7-10(2)19-15(18-9)21-20-13(22)8-17-14(23)11-5-3-4-6-12(11)16/h3-7H,8H2,1-2H3,(H,17,23)(H,20,22)(H,18,19,21). The molecule has 2 rings (SSSR count). The lowest BCUT2D eigenvalue weighted by molar-refractivity contribution is -0.119. The van der Waals surface area contributed by atoms with E-state index < -0.39 is 11.8 Å². The number of rotatable bonds is 5. The highest BCUT2D eigenvalue weighted by Gasteiger charge is 2.11. The van der Waals surface area contributed by atoms with Crippen LogP contribution in [0.3, 0.4) is 0 Å². The van der Waals surface area contributed by atoms with Crippen LogP contribution in [0.5, 0.6) is 0 Å². The molecule has 23 heavy (non-hydrogen) atoms. The largest absolute Gasteiger partial charge is 0.343 e. The molecular weight excluding hydrogens is 318 g/mol. The molecule has 0 fully saturated rings. The van der Waals surface area contributed by atoms with Crippen LogP contribution in [0.1, 0.15) is 21.7 Å². The molecule has 3 N–H and O–H groups in total.